The Morgan fingerprint density at radius 3 is 2.78 bits per heavy atom. The van der Waals surface area contributed by atoms with Crippen LogP contribution < -0.4 is 4.90 Å². The van der Waals surface area contributed by atoms with Crippen LogP contribution in [0.5, 0.6) is 0 Å². The highest BCUT2D eigenvalue weighted by Crippen LogP contribution is 2.46. The molecule has 4 heterocycles. The van der Waals surface area contributed by atoms with Gasteiger partial charge < -0.3 is 19.5 Å². The summed E-state index contributed by atoms with van der Waals surface area (Å²) in [4.78, 5) is 51.1. The number of fused-ring (bicyclic) bond motifs is 1. The number of anilines is 1. The van der Waals surface area contributed by atoms with E-state index in [0.717, 1.165) is 11.8 Å². The minimum Gasteiger partial charge on any atom is -0.481 e. The van der Waals surface area contributed by atoms with Gasteiger partial charge in [0, 0.05) is 25.0 Å². The number of rotatable bonds is 8. The van der Waals surface area contributed by atoms with E-state index in [9.17, 15) is 24.3 Å². The van der Waals surface area contributed by atoms with Crippen LogP contribution in [-0.4, -0.2) is 78.5 Å². The second kappa shape index (κ2) is 8.75. The summed E-state index contributed by atoms with van der Waals surface area (Å²) in [5.74, 6) is -2.48. The number of carbonyl (C=O) groups excluding carboxylic acids is 2. The average molecular weight is 499 g/mol. The Morgan fingerprint density at radius 2 is 2.16 bits per heavy atom. The monoisotopic (exact) mass is 498 g/mol. The van der Waals surface area contributed by atoms with E-state index in [-0.39, 0.29) is 46.4 Å². The lowest BCUT2D eigenvalue weighted by molar-refractivity contribution is -0.156. The zero-order valence-corrected chi connectivity index (χ0v) is 19.1. The highest BCUT2D eigenvalue weighted by atomic mass is 32.2. The van der Waals surface area contributed by atoms with Crippen molar-refractivity contribution in [2.24, 2.45) is 5.41 Å². The SMILES string of the molecule is CC(=O)N(c1cccs1)C1C(=O)N2CC(CSc3nnc(CC(=O)O)o3)(C(=O)O)CS[C@H]12. The van der Waals surface area contributed by atoms with Gasteiger partial charge in [0.15, 0.2) is 0 Å². The maximum Gasteiger partial charge on any atom is 0.313 e. The maximum atomic E-state index is 13.0. The number of carbonyl (C=O) groups is 4. The number of thioether (sulfide) groups is 2. The molecule has 170 valence electrons. The molecule has 32 heavy (non-hydrogen) atoms. The molecule has 0 spiro atoms. The molecule has 14 heteroatoms. The first-order valence-electron chi connectivity index (χ1n) is 9.37. The van der Waals surface area contributed by atoms with E-state index in [1.807, 2.05) is 5.38 Å². The molecular weight excluding hydrogens is 480 g/mol. The summed E-state index contributed by atoms with van der Waals surface area (Å²) in [6.45, 7) is 1.40. The van der Waals surface area contributed by atoms with Gasteiger partial charge in [-0.3, -0.25) is 24.1 Å². The molecule has 0 radical (unpaired) electrons. The van der Waals surface area contributed by atoms with Crippen LogP contribution in [0.15, 0.2) is 27.2 Å². The van der Waals surface area contributed by atoms with Crippen molar-refractivity contribution in [2.45, 2.75) is 30.0 Å². The van der Waals surface area contributed by atoms with Crippen LogP contribution >= 0.6 is 34.9 Å². The van der Waals surface area contributed by atoms with Gasteiger partial charge in [0.05, 0.1) is 5.00 Å². The molecule has 11 nitrogen and oxygen atoms in total. The van der Waals surface area contributed by atoms with Crippen molar-refractivity contribution in [1.29, 1.82) is 0 Å². The number of amides is 2. The van der Waals surface area contributed by atoms with Crippen molar-refractivity contribution >= 4 is 63.6 Å². The van der Waals surface area contributed by atoms with Crippen LogP contribution in [0.1, 0.15) is 12.8 Å². The summed E-state index contributed by atoms with van der Waals surface area (Å²) in [5.41, 5.74) is -1.25. The molecule has 2 aromatic heterocycles. The molecule has 0 bridgehead atoms. The number of carboxylic acid groups (broad SMARTS) is 2. The molecule has 2 fully saturated rings. The van der Waals surface area contributed by atoms with Gasteiger partial charge in [-0.05, 0) is 17.5 Å². The van der Waals surface area contributed by atoms with Crippen LogP contribution in [0.2, 0.25) is 0 Å². The van der Waals surface area contributed by atoms with Crippen LogP contribution in [0.3, 0.4) is 0 Å². The quantitative estimate of drug-likeness (QED) is 0.399. The van der Waals surface area contributed by atoms with Crippen molar-refractivity contribution in [1.82, 2.24) is 15.1 Å². The lowest BCUT2D eigenvalue weighted by Crippen LogP contribution is -2.74. The molecule has 2 N–H and O–H groups in total. The van der Waals surface area contributed by atoms with Gasteiger partial charge in [-0.15, -0.1) is 33.3 Å². The Morgan fingerprint density at radius 1 is 1.38 bits per heavy atom. The van der Waals surface area contributed by atoms with Crippen molar-refractivity contribution in [3.05, 3.63) is 23.4 Å². The van der Waals surface area contributed by atoms with Crippen LogP contribution in [0.25, 0.3) is 0 Å². The number of nitrogens with zero attached hydrogens (tertiary/aromatic N) is 4. The number of thiophene rings is 1. The third kappa shape index (κ3) is 4.09. The fourth-order valence-electron chi connectivity index (χ4n) is 3.58. The summed E-state index contributed by atoms with van der Waals surface area (Å²) in [6, 6.07) is 2.92. The van der Waals surface area contributed by atoms with E-state index in [2.05, 4.69) is 10.2 Å². The Kier molecular flexibility index (Phi) is 6.18. The third-order valence-electron chi connectivity index (χ3n) is 5.15. The second-order valence-electron chi connectivity index (χ2n) is 7.36. The normalized spacial score (nSPS) is 24.5. The minimum atomic E-state index is -1.25. The van der Waals surface area contributed by atoms with Gasteiger partial charge in [-0.1, -0.05) is 11.8 Å². The fourth-order valence-corrected chi connectivity index (χ4v) is 7.07. The predicted octanol–water partition coefficient (Wildman–Crippen LogP) is 1.26. The molecule has 2 aromatic rings. The molecular formula is C18H18N4O7S3. The summed E-state index contributed by atoms with van der Waals surface area (Å²) in [5, 5.41) is 28.4. The molecule has 2 saturated heterocycles. The Balaban J connectivity index is 1.46. The van der Waals surface area contributed by atoms with Gasteiger partial charge in [0.1, 0.15) is 23.3 Å². The summed E-state index contributed by atoms with van der Waals surface area (Å²) < 4.78 is 5.25. The molecule has 2 aliphatic rings. The smallest absolute Gasteiger partial charge is 0.313 e. The standard InChI is InChI=1S/C18H18N4O7S3/c1-9(23)22(11-3-2-4-30-11)13-14(26)21-6-18(16(27)28,7-31-15(13)21)8-32-17-20-19-10(29-17)5-12(24)25/h2-4,13,15H,5-8H2,1H3,(H,24,25)(H,27,28)/t13?,15-,18?/m1/s1. The topological polar surface area (TPSA) is 154 Å². The number of β-lactam (4-membered cyclic amide) rings is 1. The lowest BCUT2D eigenvalue weighted by Gasteiger charge is -2.55. The zero-order chi connectivity index (χ0) is 23.0. The number of hydrogen-bond acceptors (Lipinski definition) is 10. The summed E-state index contributed by atoms with van der Waals surface area (Å²) in [6.07, 6.45) is -0.421. The highest BCUT2D eigenvalue weighted by molar-refractivity contribution is 8.00. The number of hydrogen-bond donors (Lipinski definition) is 2. The lowest BCUT2D eigenvalue weighted by atomic mass is 9.89. The molecule has 2 aliphatic heterocycles. The average Bonchev–Trinajstić information content (AvgIpc) is 3.41. The molecule has 4 rings (SSSR count). The van der Waals surface area contributed by atoms with E-state index >= 15 is 0 Å². The largest absolute Gasteiger partial charge is 0.481 e. The molecule has 0 aliphatic carbocycles. The molecule has 0 aromatic carbocycles. The van der Waals surface area contributed by atoms with Crippen LogP contribution in [0, 0.1) is 5.41 Å². The van der Waals surface area contributed by atoms with Gasteiger partial charge >= 0.3 is 11.9 Å². The minimum absolute atomic E-state index is 0.00532. The fraction of sp³-hybridized carbons (Fsp3) is 0.444. The van der Waals surface area contributed by atoms with Crippen LogP contribution in [0.4, 0.5) is 5.00 Å². The van der Waals surface area contributed by atoms with Crippen LogP contribution in [-0.2, 0) is 25.6 Å². The van der Waals surface area contributed by atoms with E-state index in [4.69, 9.17) is 9.52 Å². The number of aromatic nitrogens is 2. The number of aliphatic carboxylic acids is 2. The van der Waals surface area contributed by atoms with Gasteiger partial charge in [-0.2, -0.15) is 0 Å². The summed E-state index contributed by atoms with van der Waals surface area (Å²) in [7, 11) is 0. The van der Waals surface area contributed by atoms with Gasteiger partial charge in [0.2, 0.25) is 17.7 Å². The van der Waals surface area contributed by atoms with Gasteiger partial charge in [-0.25, -0.2) is 0 Å². The van der Waals surface area contributed by atoms with Crippen molar-refractivity contribution in [3.63, 3.8) is 0 Å². The second-order valence-corrected chi connectivity index (χ2v) is 10.3. The first-order chi connectivity index (χ1) is 15.2. The number of carboxylic acids is 2. The van der Waals surface area contributed by atoms with Gasteiger partial charge in [0.25, 0.3) is 5.22 Å². The van der Waals surface area contributed by atoms with E-state index in [1.54, 1.807) is 12.1 Å². The Hall–Kier alpha value is -2.58. The molecule has 2 unspecified atom stereocenters. The third-order valence-corrected chi connectivity index (χ3v) is 8.70. The maximum absolute atomic E-state index is 13.0. The van der Waals surface area contributed by atoms with Crippen molar-refractivity contribution < 1.29 is 33.8 Å². The first kappa shape index (κ1) is 22.6. The van der Waals surface area contributed by atoms with Crippen molar-refractivity contribution in [2.75, 3.05) is 23.0 Å². The molecule has 0 saturated carbocycles. The van der Waals surface area contributed by atoms with E-state index < -0.39 is 29.8 Å². The Labute approximate surface area is 194 Å². The van der Waals surface area contributed by atoms with Crippen molar-refractivity contribution in [3.8, 4) is 0 Å². The zero-order valence-electron chi connectivity index (χ0n) is 16.7. The first-order valence-corrected chi connectivity index (χ1v) is 12.3. The molecule has 3 atom stereocenters. The van der Waals surface area contributed by atoms with E-state index in [0.29, 0.717) is 5.00 Å². The Bertz CT molecular complexity index is 1060. The van der Waals surface area contributed by atoms with E-state index in [1.165, 1.54) is 39.8 Å². The molecule has 2 amide bonds. The highest BCUT2D eigenvalue weighted by Gasteiger charge is 2.59. The summed E-state index contributed by atoms with van der Waals surface area (Å²) >= 11 is 3.70. The predicted molar refractivity (Wildman–Crippen MR) is 116 cm³/mol.